The van der Waals surface area contributed by atoms with Gasteiger partial charge in [0.25, 0.3) is 5.91 Å². The SMILES string of the molecule is O=C(NCc1ccccc1O)c1cc(I)ccc1Br. The number of hydrogen-bond donors (Lipinski definition) is 2. The Morgan fingerprint density at radius 3 is 2.74 bits per heavy atom. The second-order valence-electron chi connectivity index (χ2n) is 3.94. The van der Waals surface area contributed by atoms with Crippen molar-refractivity contribution >= 4 is 44.4 Å². The fourth-order valence-corrected chi connectivity index (χ4v) is 2.52. The second-order valence-corrected chi connectivity index (χ2v) is 6.04. The number of nitrogens with one attached hydrogen (secondary N) is 1. The van der Waals surface area contributed by atoms with Crippen LogP contribution in [-0.2, 0) is 6.54 Å². The number of phenolic OH excluding ortho intramolecular Hbond substituents is 1. The summed E-state index contributed by atoms with van der Waals surface area (Å²) < 4.78 is 1.75. The molecule has 0 aliphatic heterocycles. The van der Waals surface area contributed by atoms with E-state index in [1.54, 1.807) is 18.2 Å². The van der Waals surface area contributed by atoms with Gasteiger partial charge in [-0.1, -0.05) is 18.2 Å². The Balaban J connectivity index is 2.10. The van der Waals surface area contributed by atoms with E-state index in [9.17, 15) is 9.90 Å². The minimum atomic E-state index is -0.173. The van der Waals surface area contributed by atoms with E-state index in [4.69, 9.17) is 0 Å². The Bertz CT molecular complexity index is 616. The van der Waals surface area contributed by atoms with Gasteiger partial charge in [-0.3, -0.25) is 4.79 Å². The molecule has 5 heteroatoms. The molecule has 2 rings (SSSR count). The Labute approximate surface area is 133 Å². The molecule has 0 saturated heterocycles. The highest BCUT2D eigenvalue weighted by molar-refractivity contribution is 14.1. The molecule has 2 N–H and O–H groups in total. The van der Waals surface area contributed by atoms with Crippen molar-refractivity contribution in [2.45, 2.75) is 6.54 Å². The maximum atomic E-state index is 12.1. The lowest BCUT2D eigenvalue weighted by molar-refractivity contribution is 0.0950. The molecule has 19 heavy (non-hydrogen) atoms. The molecule has 0 unspecified atom stereocenters. The van der Waals surface area contributed by atoms with Crippen molar-refractivity contribution in [3.63, 3.8) is 0 Å². The van der Waals surface area contributed by atoms with Gasteiger partial charge in [0.05, 0.1) is 5.56 Å². The molecule has 0 fully saturated rings. The Kier molecular flexibility index (Phi) is 4.81. The number of carbonyl (C=O) groups excluding carboxylic acids is 1. The third kappa shape index (κ3) is 3.70. The van der Waals surface area contributed by atoms with Crippen LogP contribution in [0.5, 0.6) is 5.75 Å². The van der Waals surface area contributed by atoms with Crippen molar-refractivity contribution < 1.29 is 9.90 Å². The number of rotatable bonds is 3. The van der Waals surface area contributed by atoms with Gasteiger partial charge in [0, 0.05) is 20.2 Å². The highest BCUT2D eigenvalue weighted by atomic mass is 127. The molecule has 3 nitrogen and oxygen atoms in total. The fraction of sp³-hybridized carbons (Fsp3) is 0.0714. The van der Waals surface area contributed by atoms with Crippen LogP contribution in [0.15, 0.2) is 46.9 Å². The van der Waals surface area contributed by atoms with Crippen LogP contribution in [0, 0.1) is 3.57 Å². The standard InChI is InChI=1S/C14H11BrINO2/c15-12-6-5-10(16)7-11(12)14(19)17-8-9-3-1-2-4-13(9)18/h1-7,18H,8H2,(H,17,19). The molecule has 0 atom stereocenters. The van der Waals surface area contributed by atoms with E-state index < -0.39 is 0 Å². The van der Waals surface area contributed by atoms with E-state index in [1.165, 1.54) is 0 Å². The first-order valence-electron chi connectivity index (χ1n) is 5.58. The zero-order chi connectivity index (χ0) is 13.8. The molecule has 0 heterocycles. The van der Waals surface area contributed by atoms with Crippen LogP contribution < -0.4 is 5.32 Å². The van der Waals surface area contributed by atoms with Crippen molar-refractivity contribution in [2.24, 2.45) is 0 Å². The lowest BCUT2D eigenvalue weighted by atomic mass is 10.2. The van der Waals surface area contributed by atoms with Crippen molar-refractivity contribution in [3.05, 3.63) is 61.6 Å². The smallest absolute Gasteiger partial charge is 0.252 e. The summed E-state index contributed by atoms with van der Waals surface area (Å²) in [7, 11) is 0. The van der Waals surface area contributed by atoms with Crippen LogP contribution in [0.2, 0.25) is 0 Å². The van der Waals surface area contributed by atoms with Crippen LogP contribution in [0.1, 0.15) is 15.9 Å². The molecule has 2 aromatic carbocycles. The summed E-state index contributed by atoms with van der Waals surface area (Å²) in [6.45, 7) is 0.295. The van der Waals surface area contributed by atoms with Crippen molar-refractivity contribution in [1.29, 1.82) is 0 Å². The van der Waals surface area contributed by atoms with Crippen molar-refractivity contribution in [1.82, 2.24) is 5.32 Å². The van der Waals surface area contributed by atoms with Crippen LogP contribution in [0.25, 0.3) is 0 Å². The van der Waals surface area contributed by atoms with Gasteiger partial charge in [0.1, 0.15) is 5.75 Å². The molecule has 0 aromatic heterocycles. The van der Waals surface area contributed by atoms with Gasteiger partial charge < -0.3 is 10.4 Å². The maximum Gasteiger partial charge on any atom is 0.252 e. The first-order valence-corrected chi connectivity index (χ1v) is 7.45. The summed E-state index contributed by atoms with van der Waals surface area (Å²) in [6.07, 6.45) is 0. The molecule has 0 aliphatic carbocycles. The first-order chi connectivity index (χ1) is 9.08. The molecule has 0 saturated carbocycles. The predicted octanol–water partition coefficient (Wildman–Crippen LogP) is 3.69. The van der Waals surface area contributed by atoms with Gasteiger partial charge in [-0.25, -0.2) is 0 Å². The minimum Gasteiger partial charge on any atom is -0.508 e. The average Bonchev–Trinajstić information content (AvgIpc) is 2.40. The number of carbonyl (C=O) groups is 1. The van der Waals surface area contributed by atoms with E-state index in [0.29, 0.717) is 17.7 Å². The van der Waals surface area contributed by atoms with E-state index in [0.717, 1.165) is 8.04 Å². The van der Waals surface area contributed by atoms with E-state index >= 15 is 0 Å². The Hall–Kier alpha value is -1.08. The topological polar surface area (TPSA) is 49.3 Å². The average molecular weight is 432 g/mol. The lowest BCUT2D eigenvalue weighted by Crippen LogP contribution is -2.23. The van der Waals surface area contributed by atoms with Gasteiger partial charge >= 0.3 is 0 Å². The highest BCUT2D eigenvalue weighted by Crippen LogP contribution is 2.20. The molecule has 0 aliphatic rings. The summed E-state index contributed by atoms with van der Waals surface area (Å²) in [5.41, 5.74) is 1.28. The molecule has 1 amide bonds. The second kappa shape index (κ2) is 6.38. The van der Waals surface area contributed by atoms with E-state index in [1.807, 2.05) is 24.3 Å². The number of phenols is 1. The van der Waals surface area contributed by atoms with E-state index in [-0.39, 0.29) is 11.7 Å². The van der Waals surface area contributed by atoms with Gasteiger partial charge in [-0.2, -0.15) is 0 Å². The quantitative estimate of drug-likeness (QED) is 0.728. The zero-order valence-electron chi connectivity index (χ0n) is 9.86. The van der Waals surface area contributed by atoms with Crippen molar-refractivity contribution in [3.8, 4) is 5.75 Å². The number of halogens is 2. The monoisotopic (exact) mass is 431 g/mol. The van der Waals surface area contributed by atoms with Crippen LogP contribution in [-0.4, -0.2) is 11.0 Å². The third-order valence-electron chi connectivity index (χ3n) is 2.60. The highest BCUT2D eigenvalue weighted by Gasteiger charge is 2.10. The van der Waals surface area contributed by atoms with Gasteiger partial charge in [0.15, 0.2) is 0 Å². The van der Waals surface area contributed by atoms with Crippen LogP contribution in [0.3, 0.4) is 0 Å². The van der Waals surface area contributed by atoms with Crippen LogP contribution in [0.4, 0.5) is 0 Å². The molecular weight excluding hydrogens is 421 g/mol. The number of benzene rings is 2. The largest absolute Gasteiger partial charge is 0.508 e. The summed E-state index contributed by atoms with van der Waals surface area (Å²) in [5.74, 6) is 0.0122. The normalized spacial score (nSPS) is 10.2. The maximum absolute atomic E-state index is 12.1. The van der Waals surface area contributed by atoms with Crippen LogP contribution >= 0.6 is 38.5 Å². The molecule has 98 valence electrons. The summed E-state index contributed by atoms with van der Waals surface area (Å²) in [4.78, 5) is 12.1. The number of aromatic hydroxyl groups is 1. The summed E-state index contributed by atoms with van der Waals surface area (Å²) >= 11 is 5.52. The summed E-state index contributed by atoms with van der Waals surface area (Å²) in [6, 6.07) is 12.5. The molecule has 0 radical (unpaired) electrons. The fourth-order valence-electron chi connectivity index (χ4n) is 1.60. The summed E-state index contributed by atoms with van der Waals surface area (Å²) in [5, 5.41) is 12.4. The Morgan fingerprint density at radius 2 is 2.00 bits per heavy atom. The van der Waals surface area contributed by atoms with Gasteiger partial charge in [0.2, 0.25) is 0 Å². The lowest BCUT2D eigenvalue weighted by Gasteiger charge is -2.08. The third-order valence-corrected chi connectivity index (χ3v) is 3.97. The Morgan fingerprint density at radius 1 is 1.26 bits per heavy atom. The van der Waals surface area contributed by atoms with E-state index in [2.05, 4.69) is 43.8 Å². The van der Waals surface area contributed by atoms with Crippen molar-refractivity contribution in [2.75, 3.05) is 0 Å². The number of para-hydroxylation sites is 1. The van der Waals surface area contributed by atoms with Gasteiger partial charge in [-0.15, -0.1) is 0 Å². The predicted molar refractivity (Wildman–Crippen MR) is 86.1 cm³/mol. The molecule has 0 bridgehead atoms. The van der Waals surface area contributed by atoms with Gasteiger partial charge in [-0.05, 0) is 62.8 Å². The molecule has 2 aromatic rings. The first kappa shape index (κ1) is 14.3. The minimum absolute atomic E-state index is 0.173. The number of amides is 1. The molecule has 0 spiro atoms. The zero-order valence-corrected chi connectivity index (χ0v) is 13.6. The molecular formula is C14H11BrINO2. The number of hydrogen-bond acceptors (Lipinski definition) is 2.